The molecule has 0 saturated heterocycles. The van der Waals surface area contributed by atoms with Gasteiger partial charge < -0.3 is 29.6 Å². The zero-order chi connectivity index (χ0) is 41.7. The Hall–Kier alpha value is 0.120. The second-order valence-corrected chi connectivity index (χ2v) is 17.5. The molecular weight excluding hydrogens is 733 g/mol. The summed E-state index contributed by atoms with van der Waals surface area (Å²) in [5.74, 6) is -1.81. The minimum absolute atomic E-state index is 0. The molecule has 6 nitrogen and oxygen atoms in total. The van der Waals surface area contributed by atoms with Crippen LogP contribution in [0.25, 0.3) is 0 Å². The second-order valence-electron chi connectivity index (χ2n) is 17.5. The maximum absolute atomic E-state index is 10.5. The van der Waals surface area contributed by atoms with Crippen molar-refractivity contribution in [3.8, 4) is 0 Å². The second kappa shape index (κ2) is 50.5. The fourth-order valence-electron chi connectivity index (χ4n) is 7.98. The van der Waals surface area contributed by atoms with E-state index in [2.05, 4.69) is 51.3 Å². The van der Waals surface area contributed by atoms with Crippen molar-refractivity contribution in [2.24, 2.45) is 0 Å². The number of nitrogens with zero attached hydrogens (tertiary/aromatic N) is 2. The average molecular weight is 833 g/mol. The van der Waals surface area contributed by atoms with E-state index in [0.29, 0.717) is 12.1 Å². The maximum atomic E-state index is 10.5. The number of unbranched alkanes of at least 4 members (excludes halogenated alkanes) is 26. The van der Waals surface area contributed by atoms with Crippen LogP contribution in [0.15, 0.2) is 0 Å². The third-order valence-corrected chi connectivity index (χ3v) is 11.9. The number of carboxylic acids is 2. The van der Waals surface area contributed by atoms with Gasteiger partial charge in [-0.15, -0.1) is 0 Å². The molecule has 0 radical (unpaired) electrons. The first-order chi connectivity index (χ1) is 27.2. The van der Waals surface area contributed by atoms with Gasteiger partial charge in [0.25, 0.3) is 0 Å². The van der Waals surface area contributed by atoms with Gasteiger partial charge in [-0.3, -0.25) is 0 Å². The molecule has 0 saturated carbocycles. The van der Waals surface area contributed by atoms with E-state index < -0.39 is 11.9 Å². The van der Waals surface area contributed by atoms with Gasteiger partial charge in [-0.05, 0) is 104 Å². The molecule has 0 aliphatic heterocycles. The predicted molar refractivity (Wildman–Crippen MR) is 247 cm³/mol. The minimum atomic E-state index is -0.905. The summed E-state index contributed by atoms with van der Waals surface area (Å²) in [5, 5.41) is 21.0. The molecule has 0 aromatic heterocycles. The molecule has 0 spiro atoms. The Labute approximate surface area is 387 Å². The summed E-state index contributed by atoms with van der Waals surface area (Å²) in [6.45, 7) is 18.9. The first-order valence-electron chi connectivity index (χ1n) is 25.1. The number of carboxylic acid groups (broad SMARTS) is 2. The molecule has 0 rings (SSSR count). The number of rotatable bonds is 44. The average Bonchev–Trinajstić information content (AvgIpc) is 3.17. The van der Waals surface area contributed by atoms with Crippen LogP contribution in [-0.2, 0) is 9.59 Å². The van der Waals surface area contributed by atoms with Gasteiger partial charge >= 0.3 is 37.7 Å². The number of carbonyl (C=O) groups excluding carboxylic acids is 2. The molecule has 0 aliphatic rings. The Morgan fingerprint density at radius 1 is 0.351 bits per heavy atom. The van der Waals surface area contributed by atoms with Crippen LogP contribution >= 0.6 is 0 Å². The van der Waals surface area contributed by atoms with Crippen molar-refractivity contribution >= 4 is 49.7 Å². The van der Waals surface area contributed by atoms with Crippen LogP contribution in [0.4, 0.5) is 0 Å². The molecular formula is C50H100CaN2O4. The summed E-state index contributed by atoms with van der Waals surface area (Å²) in [5.41, 5.74) is 0. The summed E-state index contributed by atoms with van der Waals surface area (Å²) < 4.78 is 0. The molecule has 0 aromatic carbocycles. The van der Waals surface area contributed by atoms with Crippen molar-refractivity contribution in [3.63, 3.8) is 0 Å². The zero-order valence-corrected chi connectivity index (χ0v) is 41.9. The van der Waals surface area contributed by atoms with Crippen LogP contribution in [0.2, 0.25) is 0 Å². The number of aliphatic carboxylic acids is 2. The van der Waals surface area contributed by atoms with E-state index in [4.69, 9.17) is 0 Å². The third-order valence-electron chi connectivity index (χ3n) is 11.9. The van der Waals surface area contributed by atoms with Crippen LogP contribution in [0.3, 0.4) is 0 Å². The summed E-state index contributed by atoms with van der Waals surface area (Å²) in [4.78, 5) is 26.4. The van der Waals surface area contributed by atoms with Gasteiger partial charge in [0.15, 0.2) is 0 Å². The smallest absolute Gasteiger partial charge is 0.550 e. The van der Waals surface area contributed by atoms with Crippen molar-refractivity contribution in [2.45, 2.75) is 285 Å². The van der Waals surface area contributed by atoms with E-state index in [1.165, 1.54) is 206 Å². The van der Waals surface area contributed by atoms with Crippen molar-refractivity contribution in [2.75, 3.05) is 26.2 Å². The van der Waals surface area contributed by atoms with Gasteiger partial charge in [0.1, 0.15) is 0 Å². The Morgan fingerprint density at radius 2 is 0.561 bits per heavy atom. The summed E-state index contributed by atoms with van der Waals surface area (Å²) >= 11 is 0. The normalized spacial score (nSPS) is 12.4. The molecule has 7 heteroatoms. The Morgan fingerprint density at radius 3 is 0.807 bits per heavy atom. The van der Waals surface area contributed by atoms with Crippen LogP contribution < -0.4 is 10.2 Å². The van der Waals surface area contributed by atoms with Crippen molar-refractivity contribution < 1.29 is 19.8 Å². The molecule has 336 valence electrons. The van der Waals surface area contributed by atoms with Crippen LogP contribution in [-0.4, -0.2) is 97.7 Å². The molecule has 2 atom stereocenters. The van der Waals surface area contributed by atoms with Gasteiger partial charge in [0.2, 0.25) is 0 Å². The van der Waals surface area contributed by atoms with E-state index in [0.717, 1.165) is 38.5 Å². The quantitative estimate of drug-likeness (QED) is 0.0449. The van der Waals surface area contributed by atoms with E-state index >= 15 is 0 Å². The van der Waals surface area contributed by atoms with Gasteiger partial charge in [0.05, 0.1) is 0 Å². The van der Waals surface area contributed by atoms with Crippen molar-refractivity contribution in [1.29, 1.82) is 0 Å². The molecule has 0 bridgehead atoms. The molecule has 0 aliphatic carbocycles. The molecule has 57 heavy (non-hydrogen) atoms. The van der Waals surface area contributed by atoms with Crippen LogP contribution in [0.5, 0.6) is 0 Å². The van der Waals surface area contributed by atoms with Gasteiger partial charge in [-0.2, -0.15) is 0 Å². The third kappa shape index (κ3) is 48.7. The fourth-order valence-corrected chi connectivity index (χ4v) is 7.98. The van der Waals surface area contributed by atoms with E-state index in [-0.39, 0.29) is 50.6 Å². The predicted octanol–water partition coefficient (Wildman–Crippen LogP) is 12.6. The van der Waals surface area contributed by atoms with E-state index in [1.807, 2.05) is 0 Å². The molecule has 0 N–H and O–H groups in total. The minimum Gasteiger partial charge on any atom is -0.550 e. The van der Waals surface area contributed by atoms with Crippen LogP contribution in [0, 0.1) is 0 Å². The van der Waals surface area contributed by atoms with Crippen LogP contribution in [0.1, 0.15) is 273 Å². The van der Waals surface area contributed by atoms with Crippen molar-refractivity contribution in [3.05, 3.63) is 0 Å². The Balaban J connectivity index is -0.00000101. The fraction of sp³-hybridized carbons (Fsp3) is 0.960. The topological polar surface area (TPSA) is 86.7 Å². The van der Waals surface area contributed by atoms with Gasteiger partial charge in [-0.25, -0.2) is 0 Å². The molecule has 0 aromatic rings. The standard InChI is InChI=1S/2C25H51NO2.Ca/c2*1-4-6-8-10-14-18-22-26(23-19-15-11-9-7-5-2)24(3)20-16-12-13-17-21-25(27)28;/h2*24H,4-23H2,1-3H3,(H,27,28);/q;;+2/p-2. The zero-order valence-electron chi connectivity index (χ0n) is 39.7. The molecule has 0 fully saturated rings. The first-order valence-corrected chi connectivity index (χ1v) is 25.1. The molecule has 0 amide bonds. The van der Waals surface area contributed by atoms with Gasteiger partial charge in [-0.1, -0.05) is 195 Å². The van der Waals surface area contributed by atoms with E-state index in [1.54, 1.807) is 0 Å². The maximum Gasteiger partial charge on any atom is 2.00 e. The number of hydrogen-bond acceptors (Lipinski definition) is 6. The van der Waals surface area contributed by atoms with Crippen molar-refractivity contribution in [1.82, 2.24) is 9.80 Å². The Bertz CT molecular complexity index is 704. The number of carbonyl (C=O) groups is 2. The largest absolute Gasteiger partial charge is 2.00 e. The summed E-state index contributed by atoms with van der Waals surface area (Å²) in [6, 6.07) is 1.32. The summed E-state index contributed by atoms with van der Waals surface area (Å²) in [7, 11) is 0. The SMILES string of the molecule is CCCCCCCCN(CCCCCCCC)C(C)CCCCCCC(=O)[O-].CCCCCCCCN(CCCCCCCC)C(C)CCCCCCC(=O)[O-].[Ca+2]. The number of hydrogen-bond donors (Lipinski definition) is 0. The molecule has 2 unspecified atom stereocenters. The van der Waals surface area contributed by atoms with Gasteiger partial charge in [0, 0.05) is 24.0 Å². The molecule has 0 heterocycles. The summed E-state index contributed by atoms with van der Waals surface area (Å²) in [6.07, 6.45) is 44.2. The Kier molecular flexibility index (Phi) is 54.4. The first kappa shape index (κ1) is 61.4. The van der Waals surface area contributed by atoms with E-state index in [9.17, 15) is 19.8 Å². The monoisotopic (exact) mass is 833 g/mol.